The summed E-state index contributed by atoms with van der Waals surface area (Å²) in [4.78, 5) is 11.0. The van der Waals surface area contributed by atoms with Crippen molar-refractivity contribution in [2.75, 3.05) is 7.11 Å². The molecule has 5 nitrogen and oxygen atoms in total. The zero-order chi connectivity index (χ0) is 9.84. The Hall–Kier alpha value is -1.36. The van der Waals surface area contributed by atoms with Gasteiger partial charge in [0.05, 0.1) is 13.7 Å². The molecule has 0 aliphatic rings. The number of carbonyl (C=O) groups excluding carboxylic acids is 1. The van der Waals surface area contributed by atoms with Gasteiger partial charge in [-0.15, -0.1) is 0 Å². The van der Waals surface area contributed by atoms with Gasteiger partial charge in [0.25, 0.3) is 0 Å². The Bertz CT molecular complexity index is 295. The molecule has 1 atom stereocenters. The maximum atomic E-state index is 11.0. The van der Waals surface area contributed by atoms with E-state index in [1.807, 2.05) is 13.0 Å². The van der Waals surface area contributed by atoms with E-state index in [1.54, 1.807) is 10.9 Å². The molecule has 1 aromatic heterocycles. The molecule has 72 valence electrons. The zero-order valence-electron chi connectivity index (χ0n) is 7.73. The van der Waals surface area contributed by atoms with E-state index in [9.17, 15) is 4.79 Å². The summed E-state index contributed by atoms with van der Waals surface area (Å²) in [5.74, 6) is -0.421. The average molecular weight is 183 g/mol. The lowest BCUT2D eigenvalue weighted by atomic mass is 10.3. The topological polar surface area (TPSA) is 70.1 Å². The lowest BCUT2D eigenvalue weighted by Crippen LogP contribution is -2.36. The number of hydrogen-bond acceptors (Lipinski definition) is 4. The maximum absolute atomic E-state index is 11.0. The van der Waals surface area contributed by atoms with Crippen molar-refractivity contribution in [1.29, 1.82) is 0 Å². The number of methoxy groups -OCH3 is 1. The quantitative estimate of drug-likeness (QED) is 0.653. The Morgan fingerprint density at radius 3 is 3.00 bits per heavy atom. The van der Waals surface area contributed by atoms with Crippen LogP contribution in [-0.2, 0) is 16.1 Å². The zero-order valence-corrected chi connectivity index (χ0v) is 7.73. The third-order valence-electron chi connectivity index (χ3n) is 1.80. The summed E-state index contributed by atoms with van der Waals surface area (Å²) in [7, 11) is 1.32. The van der Waals surface area contributed by atoms with E-state index in [4.69, 9.17) is 5.73 Å². The molecule has 0 bridgehead atoms. The van der Waals surface area contributed by atoms with Crippen LogP contribution in [0.2, 0.25) is 0 Å². The summed E-state index contributed by atoms with van der Waals surface area (Å²) < 4.78 is 6.16. The van der Waals surface area contributed by atoms with Crippen molar-refractivity contribution in [2.45, 2.75) is 19.5 Å². The molecule has 0 saturated carbocycles. The van der Waals surface area contributed by atoms with Gasteiger partial charge in [-0.25, -0.2) is 0 Å². The Balaban J connectivity index is 2.59. The lowest BCUT2D eigenvalue weighted by molar-refractivity contribution is -0.142. The van der Waals surface area contributed by atoms with Gasteiger partial charge in [0, 0.05) is 11.9 Å². The van der Waals surface area contributed by atoms with E-state index >= 15 is 0 Å². The van der Waals surface area contributed by atoms with Gasteiger partial charge in [0.1, 0.15) is 6.04 Å². The fourth-order valence-corrected chi connectivity index (χ4v) is 1.00. The molecule has 0 aliphatic heterocycles. The molecular formula is C8H13N3O2. The summed E-state index contributed by atoms with van der Waals surface area (Å²) in [5.41, 5.74) is 6.52. The van der Waals surface area contributed by atoms with Crippen LogP contribution in [0.4, 0.5) is 0 Å². The molecule has 0 amide bonds. The molecule has 2 N–H and O–H groups in total. The van der Waals surface area contributed by atoms with Crippen molar-refractivity contribution < 1.29 is 9.53 Å². The van der Waals surface area contributed by atoms with E-state index in [-0.39, 0.29) is 0 Å². The number of aryl methyl sites for hydroxylation is 1. The second-order valence-corrected chi connectivity index (χ2v) is 2.78. The number of aromatic nitrogens is 2. The van der Waals surface area contributed by atoms with Gasteiger partial charge >= 0.3 is 5.97 Å². The lowest BCUT2D eigenvalue weighted by Gasteiger charge is -2.10. The van der Waals surface area contributed by atoms with Crippen LogP contribution in [0.15, 0.2) is 12.3 Å². The van der Waals surface area contributed by atoms with Crippen molar-refractivity contribution >= 4 is 5.97 Å². The van der Waals surface area contributed by atoms with Gasteiger partial charge in [-0.2, -0.15) is 5.10 Å². The average Bonchev–Trinajstić information content (AvgIpc) is 2.50. The molecule has 0 radical (unpaired) electrons. The Kier molecular flexibility index (Phi) is 3.02. The normalized spacial score (nSPS) is 12.5. The fraction of sp³-hybridized carbons (Fsp3) is 0.500. The van der Waals surface area contributed by atoms with Crippen molar-refractivity contribution in [2.24, 2.45) is 5.73 Å². The standard InChI is InChI=1S/C8H13N3O2/c1-6-3-4-10-11(6)5-7(9)8(12)13-2/h3-4,7H,5,9H2,1-2H3. The predicted octanol–water partition coefficient (Wildman–Crippen LogP) is -0.308. The minimum atomic E-state index is -0.649. The van der Waals surface area contributed by atoms with Crippen molar-refractivity contribution in [3.8, 4) is 0 Å². The van der Waals surface area contributed by atoms with Gasteiger partial charge in [-0.3, -0.25) is 9.48 Å². The minimum Gasteiger partial charge on any atom is -0.468 e. The van der Waals surface area contributed by atoms with Crippen LogP contribution in [0, 0.1) is 6.92 Å². The molecule has 5 heteroatoms. The summed E-state index contributed by atoms with van der Waals surface area (Å²) in [5, 5.41) is 4.00. The molecule has 0 fully saturated rings. The second kappa shape index (κ2) is 4.04. The smallest absolute Gasteiger partial charge is 0.324 e. The van der Waals surface area contributed by atoms with Gasteiger partial charge in [-0.05, 0) is 13.0 Å². The van der Waals surface area contributed by atoms with Crippen LogP contribution in [0.5, 0.6) is 0 Å². The molecular weight excluding hydrogens is 170 g/mol. The molecule has 1 heterocycles. The van der Waals surface area contributed by atoms with E-state index in [1.165, 1.54) is 7.11 Å². The van der Waals surface area contributed by atoms with E-state index in [0.29, 0.717) is 6.54 Å². The molecule has 0 saturated heterocycles. The Morgan fingerprint density at radius 2 is 2.54 bits per heavy atom. The molecule has 1 aromatic rings. The largest absolute Gasteiger partial charge is 0.468 e. The first-order valence-corrected chi connectivity index (χ1v) is 3.97. The summed E-state index contributed by atoms with van der Waals surface area (Å²) in [6, 6.07) is 1.20. The first-order chi connectivity index (χ1) is 6.15. The van der Waals surface area contributed by atoms with Crippen LogP contribution in [0.3, 0.4) is 0 Å². The van der Waals surface area contributed by atoms with Crippen molar-refractivity contribution in [1.82, 2.24) is 9.78 Å². The summed E-state index contributed by atoms with van der Waals surface area (Å²) in [6.07, 6.45) is 1.67. The number of nitrogens with two attached hydrogens (primary N) is 1. The molecule has 0 spiro atoms. The number of rotatable bonds is 3. The molecule has 1 rings (SSSR count). The number of hydrogen-bond donors (Lipinski definition) is 1. The molecule has 0 aliphatic carbocycles. The highest BCUT2D eigenvalue weighted by Crippen LogP contribution is 1.97. The monoisotopic (exact) mass is 183 g/mol. The number of ether oxygens (including phenoxy) is 1. The van der Waals surface area contributed by atoms with Crippen LogP contribution in [-0.4, -0.2) is 28.9 Å². The predicted molar refractivity (Wildman–Crippen MR) is 47.0 cm³/mol. The van der Waals surface area contributed by atoms with Gasteiger partial charge in [0.2, 0.25) is 0 Å². The van der Waals surface area contributed by atoms with E-state index in [2.05, 4.69) is 9.84 Å². The summed E-state index contributed by atoms with van der Waals surface area (Å²) >= 11 is 0. The highest BCUT2D eigenvalue weighted by molar-refractivity contribution is 5.75. The Morgan fingerprint density at radius 1 is 1.85 bits per heavy atom. The molecule has 0 aromatic carbocycles. The highest BCUT2D eigenvalue weighted by atomic mass is 16.5. The maximum Gasteiger partial charge on any atom is 0.324 e. The van der Waals surface area contributed by atoms with E-state index in [0.717, 1.165) is 5.69 Å². The SMILES string of the molecule is COC(=O)C(N)Cn1nccc1C. The fourth-order valence-electron chi connectivity index (χ4n) is 1.00. The number of esters is 1. The third-order valence-corrected chi connectivity index (χ3v) is 1.80. The number of nitrogens with zero attached hydrogens (tertiary/aromatic N) is 2. The van der Waals surface area contributed by atoms with Crippen molar-refractivity contribution in [3.63, 3.8) is 0 Å². The molecule has 1 unspecified atom stereocenters. The second-order valence-electron chi connectivity index (χ2n) is 2.78. The Labute approximate surface area is 76.5 Å². The van der Waals surface area contributed by atoms with E-state index < -0.39 is 12.0 Å². The van der Waals surface area contributed by atoms with Gasteiger partial charge < -0.3 is 10.5 Å². The molecule has 13 heavy (non-hydrogen) atoms. The van der Waals surface area contributed by atoms with Gasteiger partial charge in [-0.1, -0.05) is 0 Å². The minimum absolute atomic E-state index is 0.353. The van der Waals surface area contributed by atoms with Gasteiger partial charge in [0.15, 0.2) is 0 Å². The van der Waals surface area contributed by atoms with Crippen LogP contribution >= 0.6 is 0 Å². The first kappa shape index (κ1) is 9.73. The van der Waals surface area contributed by atoms with Crippen LogP contribution < -0.4 is 5.73 Å². The summed E-state index contributed by atoms with van der Waals surface area (Å²) in [6.45, 7) is 2.25. The highest BCUT2D eigenvalue weighted by Gasteiger charge is 2.14. The third kappa shape index (κ3) is 2.29. The first-order valence-electron chi connectivity index (χ1n) is 3.97. The number of carbonyl (C=O) groups is 1. The van der Waals surface area contributed by atoms with Crippen LogP contribution in [0.25, 0.3) is 0 Å². The van der Waals surface area contributed by atoms with Crippen molar-refractivity contribution in [3.05, 3.63) is 18.0 Å². The van der Waals surface area contributed by atoms with Crippen LogP contribution in [0.1, 0.15) is 5.69 Å².